The third kappa shape index (κ3) is 1.67. The minimum Gasteiger partial charge on any atom is -0.430 e. The highest BCUT2D eigenvalue weighted by atomic mass is 19.4. The van der Waals surface area contributed by atoms with E-state index in [1.807, 2.05) is 0 Å². The van der Waals surface area contributed by atoms with Gasteiger partial charge in [-0.25, -0.2) is 0 Å². The monoisotopic (exact) mass is 288 g/mol. The van der Waals surface area contributed by atoms with Crippen molar-refractivity contribution in [1.82, 2.24) is 0 Å². The van der Waals surface area contributed by atoms with Gasteiger partial charge in [0.25, 0.3) is 0 Å². The number of ether oxygens (including phenoxy) is 1. The van der Waals surface area contributed by atoms with E-state index < -0.39 is 17.6 Å². The van der Waals surface area contributed by atoms with Gasteiger partial charge in [-0.3, -0.25) is 4.79 Å². The molecule has 0 N–H and O–H groups in total. The van der Waals surface area contributed by atoms with Crippen molar-refractivity contribution < 1.29 is 22.7 Å². The van der Waals surface area contributed by atoms with E-state index in [0.29, 0.717) is 18.1 Å². The summed E-state index contributed by atoms with van der Waals surface area (Å²) in [5.74, 6) is -0.0911. The minimum absolute atomic E-state index is 0.194. The van der Waals surface area contributed by atoms with E-state index in [4.69, 9.17) is 4.74 Å². The molecule has 1 atom stereocenters. The van der Waals surface area contributed by atoms with Crippen molar-refractivity contribution in [3.8, 4) is 0 Å². The summed E-state index contributed by atoms with van der Waals surface area (Å²) in [7, 11) is 0. The van der Waals surface area contributed by atoms with Crippen LogP contribution in [0, 0.1) is 16.7 Å². The second kappa shape index (κ2) is 4.01. The van der Waals surface area contributed by atoms with Gasteiger partial charge in [-0.15, -0.1) is 0 Å². The van der Waals surface area contributed by atoms with Crippen LogP contribution in [-0.2, 0) is 9.53 Å². The topological polar surface area (TPSA) is 26.3 Å². The Morgan fingerprint density at radius 3 is 2.50 bits per heavy atom. The summed E-state index contributed by atoms with van der Waals surface area (Å²) >= 11 is 0. The van der Waals surface area contributed by atoms with Crippen molar-refractivity contribution in [3.05, 3.63) is 11.3 Å². The highest BCUT2D eigenvalue weighted by molar-refractivity contribution is 5.78. The van der Waals surface area contributed by atoms with Crippen molar-refractivity contribution in [2.45, 2.75) is 58.5 Å². The third-order valence-electron chi connectivity index (χ3n) is 5.66. The molecule has 0 aliphatic heterocycles. The minimum atomic E-state index is -4.57. The lowest BCUT2D eigenvalue weighted by Gasteiger charge is -2.60. The fraction of sp³-hybridized carbons (Fsp3) is 0.800. The molecule has 2 fully saturated rings. The number of hydrogen-bond acceptors (Lipinski definition) is 2. The summed E-state index contributed by atoms with van der Waals surface area (Å²) in [6.07, 6.45) is 0.0156. The van der Waals surface area contributed by atoms with Crippen LogP contribution in [0.5, 0.6) is 0 Å². The van der Waals surface area contributed by atoms with Crippen LogP contribution in [0.25, 0.3) is 0 Å². The average Bonchev–Trinajstić information content (AvgIpc) is 2.26. The Labute approximate surface area is 116 Å². The summed E-state index contributed by atoms with van der Waals surface area (Å²) in [5, 5.41) is 0. The second-order valence-corrected chi connectivity index (χ2v) is 6.73. The fourth-order valence-corrected chi connectivity index (χ4v) is 3.85. The number of allylic oxidation sites excluding steroid dienone is 2. The summed E-state index contributed by atoms with van der Waals surface area (Å²) in [5.41, 5.74) is -1.09. The maximum atomic E-state index is 13.1. The molecule has 2 bridgehead atoms. The number of halogens is 3. The Morgan fingerprint density at radius 1 is 1.40 bits per heavy atom. The lowest BCUT2D eigenvalue weighted by Crippen LogP contribution is -2.50. The van der Waals surface area contributed by atoms with E-state index >= 15 is 0 Å². The molecule has 20 heavy (non-hydrogen) atoms. The second-order valence-electron chi connectivity index (χ2n) is 6.73. The van der Waals surface area contributed by atoms with Gasteiger partial charge < -0.3 is 4.74 Å². The van der Waals surface area contributed by atoms with Gasteiger partial charge in [0.2, 0.25) is 0 Å². The summed E-state index contributed by atoms with van der Waals surface area (Å²) < 4.78 is 44.4. The number of alkyl halides is 3. The molecule has 0 amide bonds. The van der Waals surface area contributed by atoms with Crippen molar-refractivity contribution >= 4 is 5.97 Å². The zero-order valence-corrected chi connectivity index (χ0v) is 11.8. The first-order chi connectivity index (χ1) is 9.22. The summed E-state index contributed by atoms with van der Waals surface area (Å²) in [6.45, 7) is 2.30. The lowest BCUT2D eigenvalue weighted by atomic mass is 9.45. The quantitative estimate of drug-likeness (QED) is 0.721. The van der Waals surface area contributed by atoms with E-state index in [1.165, 1.54) is 6.92 Å². The molecule has 4 aliphatic rings. The number of esters is 1. The van der Waals surface area contributed by atoms with Gasteiger partial charge >= 0.3 is 12.1 Å². The van der Waals surface area contributed by atoms with Crippen LogP contribution in [0.2, 0.25) is 0 Å². The molecule has 112 valence electrons. The Hall–Kier alpha value is -1.00. The zero-order chi connectivity index (χ0) is 14.8. The van der Waals surface area contributed by atoms with Gasteiger partial charge in [-0.1, -0.05) is 6.92 Å². The predicted molar refractivity (Wildman–Crippen MR) is 66.6 cm³/mol. The first-order valence-corrected chi connectivity index (χ1v) is 7.23. The van der Waals surface area contributed by atoms with E-state index in [0.717, 1.165) is 38.2 Å². The Balaban J connectivity index is 1.80. The molecule has 0 aromatic rings. The molecule has 5 heteroatoms. The summed E-state index contributed by atoms with van der Waals surface area (Å²) in [6, 6.07) is 0. The Kier molecular flexibility index (Phi) is 2.80. The third-order valence-corrected chi connectivity index (χ3v) is 5.66. The number of carbonyl (C=O) groups is 1. The molecule has 0 saturated heterocycles. The van der Waals surface area contributed by atoms with Crippen molar-refractivity contribution in [2.24, 2.45) is 16.7 Å². The molecule has 4 aliphatic carbocycles. The van der Waals surface area contributed by atoms with E-state index in [2.05, 4.69) is 0 Å². The van der Waals surface area contributed by atoms with Crippen LogP contribution in [0.1, 0.15) is 52.4 Å². The molecule has 0 radical (unpaired) electrons. The number of carbonyl (C=O) groups excluding carboxylic acids is 1. The van der Waals surface area contributed by atoms with Gasteiger partial charge in [0.15, 0.2) is 5.41 Å². The molecule has 0 heterocycles. The largest absolute Gasteiger partial charge is 0.430 e. The number of rotatable bonds is 3. The smallest absolute Gasteiger partial charge is 0.404 e. The normalized spacial score (nSPS) is 34.5. The van der Waals surface area contributed by atoms with E-state index in [1.54, 1.807) is 0 Å². The zero-order valence-electron chi connectivity index (χ0n) is 11.8. The molecular weight excluding hydrogens is 269 g/mol. The number of hydrogen-bond donors (Lipinski definition) is 0. The first-order valence-electron chi connectivity index (χ1n) is 7.23. The van der Waals surface area contributed by atoms with Crippen LogP contribution in [0.4, 0.5) is 13.2 Å². The van der Waals surface area contributed by atoms with Gasteiger partial charge in [0.05, 0.1) is 0 Å². The van der Waals surface area contributed by atoms with Crippen molar-refractivity contribution in [2.75, 3.05) is 0 Å². The van der Waals surface area contributed by atoms with Crippen LogP contribution in [-0.4, -0.2) is 12.1 Å². The Morgan fingerprint density at radius 2 is 2.05 bits per heavy atom. The molecule has 1 unspecified atom stereocenters. The van der Waals surface area contributed by atoms with E-state index in [-0.39, 0.29) is 11.8 Å². The van der Waals surface area contributed by atoms with Crippen LogP contribution < -0.4 is 0 Å². The van der Waals surface area contributed by atoms with Crippen LogP contribution >= 0.6 is 0 Å². The lowest BCUT2D eigenvalue weighted by molar-refractivity contribution is -0.229. The summed E-state index contributed by atoms with van der Waals surface area (Å²) in [4.78, 5) is 12.0. The highest BCUT2D eigenvalue weighted by Crippen LogP contribution is 2.68. The van der Waals surface area contributed by atoms with Gasteiger partial charge in [-0.2, -0.15) is 13.2 Å². The van der Waals surface area contributed by atoms with Crippen LogP contribution in [0.15, 0.2) is 11.3 Å². The van der Waals surface area contributed by atoms with E-state index in [9.17, 15) is 18.0 Å². The Bertz CT molecular complexity index is 486. The average molecular weight is 288 g/mol. The first kappa shape index (κ1) is 14.0. The van der Waals surface area contributed by atoms with Crippen molar-refractivity contribution in [3.63, 3.8) is 0 Å². The van der Waals surface area contributed by atoms with Crippen molar-refractivity contribution in [1.29, 1.82) is 0 Å². The molecule has 2 saturated carbocycles. The van der Waals surface area contributed by atoms with Crippen LogP contribution in [0.3, 0.4) is 0 Å². The molecule has 0 aromatic heterocycles. The van der Waals surface area contributed by atoms with Gasteiger partial charge in [-0.05, 0) is 55.9 Å². The molecule has 1 spiro atoms. The molecule has 4 rings (SSSR count). The molecule has 0 aromatic carbocycles. The highest BCUT2D eigenvalue weighted by Gasteiger charge is 2.60. The maximum Gasteiger partial charge on any atom is 0.404 e. The SMILES string of the molecule is CCC(C)(C(=O)OC1=C2CCC23CC(C1)C3)C(F)(F)F. The fourth-order valence-electron chi connectivity index (χ4n) is 3.85. The molecule has 2 nitrogen and oxygen atoms in total. The van der Waals surface area contributed by atoms with Gasteiger partial charge in [0, 0.05) is 6.42 Å². The molecular formula is C15H19F3O2. The maximum absolute atomic E-state index is 13.1. The standard InChI is InChI=1S/C15H19F3O2/c1-3-13(2,15(16,17)18)12(19)20-11-6-9-7-14(8-9)5-4-10(11)14/h9H,3-8H2,1-2H3. The van der Waals surface area contributed by atoms with Gasteiger partial charge in [0.1, 0.15) is 5.76 Å². The predicted octanol–water partition coefficient (Wildman–Crippen LogP) is 4.36. The number of fused-ring (bicyclic) bond motifs is 1.